The SMILES string of the molecule is CCCCCNC(=O)c1cc(C)nc(NCc2ccccc2OC)n1. The summed E-state index contributed by atoms with van der Waals surface area (Å²) in [5.41, 5.74) is 2.13. The maximum Gasteiger partial charge on any atom is 0.270 e. The summed E-state index contributed by atoms with van der Waals surface area (Å²) in [5.74, 6) is 1.07. The molecule has 6 nitrogen and oxygen atoms in total. The number of carbonyl (C=O) groups excluding carboxylic acids is 1. The first-order valence-corrected chi connectivity index (χ1v) is 8.63. The van der Waals surface area contributed by atoms with Crippen LogP contribution in [0.25, 0.3) is 0 Å². The van der Waals surface area contributed by atoms with Crippen molar-refractivity contribution < 1.29 is 9.53 Å². The van der Waals surface area contributed by atoms with Crippen LogP contribution in [0.2, 0.25) is 0 Å². The predicted molar refractivity (Wildman–Crippen MR) is 98.9 cm³/mol. The zero-order chi connectivity index (χ0) is 18.1. The summed E-state index contributed by atoms with van der Waals surface area (Å²) >= 11 is 0. The van der Waals surface area contributed by atoms with E-state index in [1.54, 1.807) is 13.2 Å². The van der Waals surface area contributed by atoms with Gasteiger partial charge in [-0.1, -0.05) is 38.0 Å². The number of benzene rings is 1. The Morgan fingerprint density at radius 1 is 1.20 bits per heavy atom. The molecule has 1 amide bonds. The molecule has 0 aliphatic carbocycles. The lowest BCUT2D eigenvalue weighted by atomic mass is 10.2. The Labute approximate surface area is 149 Å². The first-order chi connectivity index (χ1) is 12.1. The molecular formula is C19H26N4O2. The Morgan fingerprint density at radius 2 is 2.00 bits per heavy atom. The van der Waals surface area contributed by atoms with Gasteiger partial charge < -0.3 is 15.4 Å². The van der Waals surface area contributed by atoms with E-state index in [-0.39, 0.29) is 5.91 Å². The molecule has 1 aromatic heterocycles. The molecule has 2 N–H and O–H groups in total. The number of hydrogen-bond donors (Lipinski definition) is 2. The molecule has 6 heteroatoms. The number of aromatic nitrogens is 2. The molecule has 0 bridgehead atoms. The van der Waals surface area contributed by atoms with Gasteiger partial charge in [0.2, 0.25) is 5.95 Å². The van der Waals surface area contributed by atoms with E-state index in [1.807, 2.05) is 31.2 Å². The number of unbranched alkanes of at least 4 members (excludes halogenated alkanes) is 2. The van der Waals surface area contributed by atoms with Crippen LogP contribution in [0, 0.1) is 6.92 Å². The molecule has 2 rings (SSSR count). The average Bonchev–Trinajstić information content (AvgIpc) is 2.63. The highest BCUT2D eigenvalue weighted by Crippen LogP contribution is 2.18. The zero-order valence-electron chi connectivity index (χ0n) is 15.1. The van der Waals surface area contributed by atoms with E-state index < -0.39 is 0 Å². The number of methoxy groups -OCH3 is 1. The van der Waals surface area contributed by atoms with Crippen LogP contribution in [-0.4, -0.2) is 29.5 Å². The second kappa shape index (κ2) is 9.61. The van der Waals surface area contributed by atoms with Gasteiger partial charge in [0.25, 0.3) is 5.91 Å². The number of amides is 1. The Bertz CT molecular complexity index is 704. The normalized spacial score (nSPS) is 10.4. The number of rotatable bonds is 9. The van der Waals surface area contributed by atoms with Crippen molar-refractivity contribution in [3.63, 3.8) is 0 Å². The molecule has 2 aromatic rings. The smallest absolute Gasteiger partial charge is 0.270 e. The van der Waals surface area contributed by atoms with E-state index in [9.17, 15) is 4.79 Å². The van der Waals surface area contributed by atoms with Crippen molar-refractivity contribution in [2.24, 2.45) is 0 Å². The third-order valence-electron chi connectivity index (χ3n) is 3.78. The number of para-hydroxylation sites is 1. The third-order valence-corrected chi connectivity index (χ3v) is 3.78. The largest absolute Gasteiger partial charge is 0.496 e. The van der Waals surface area contributed by atoms with Crippen LogP contribution in [0.1, 0.15) is 47.9 Å². The quantitative estimate of drug-likeness (QED) is 0.684. The summed E-state index contributed by atoms with van der Waals surface area (Å²) in [6.07, 6.45) is 3.21. The van der Waals surface area contributed by atoms with E-state index >= 15 is 0 Å². The summed E-state index contributed by atoms with van der Waals surface area (Å²) in [6.45, 7) is 5.17. The molecule has 1 aromatic carbocycles. The number of aryl methyl sites for hydroxylation is 1. The van der Waals surface area contributed by atoms with Crippen molar-refractivity contribution >= 4 is 11.9 Å². The predicted octanol–water partition coefficient (Wildman–Crippen LogP) is 3.33. The summed E-state index contributed by atoms with van der Waals surface area (Å²) < 4.78 is 5.34. The fourth-order valence-electron chi connectivity index (χ4n) is 2.45. The lowest BCUT2D eigenvalue weighted by molar-refractivity contribution is 0.0948. The van der Waals surface area contributed by atoms with E-state index in [4.69, 9.17) is 4.74 Å². The molecule has 0 saturated heterocycles. The van der Waals surface area contributed by atoms with Crippen LogP contribution in [0.3, 0.4) is 0 Å². The van der Waals surface area contributed by atoms with Gasteiger partial charge >= 0.3 is 0 Å². The van der Waals surface area contributed by atoms with Crippen molar-refractivity contribution in [3.05, 3.63) is 47.3 Å². The molecule has 0 radical (unpaired) electrons. The maximum absolute atomic E-state index is 12.2. The average molecular weight is 342 g/mol. The molecule has 1 heterocycles. The molecular weight excluding hydrogens is 316 g/mol. The van der Waals surface area contributed by atoms with Gasteiger partial charge in [-0.15, -0.1) is 0 Å². The van der Waals surface area contributed by atoms with Gasteiger partial charge in [-0.2, -0.15) is 0 Å². The Hall–Kier alpha value is -2.63. The minimum Gasteiger partial charge on any atom is -0.496 e. The van der Waals surface area contributed by atoms with Crippen molar-refractivity contribution in [2.45, 2.75) is 39.7 Å². The molecule has 0 spiro atoms. The number of nitrogens with zero attached hydrogens (tertiary/aromatic N) is 2. The topological polar surface area (TPSA) is 76.1 Å². The van der Waals surface area contributed by atoms with Gasteiger partial charge in [0.05, 0.1) is 7.11 Å². The van der Waals surface area contributed by atoms with Crippen molar-refractivity contribution in [1.29, 1.82) is 0 Å². The minimum atomic E-state index is -0.165. The second-order valence-corrected chi connectivity index (χ2v) is 5.85. The van der Waals surface area contributed by atoms with Gasteiger partial charge in [-0.3, -0.25) is 4.79 Å². The summed E-state index contributed by atoms with van der Waals surface area (Å²) in [5, 5.41) is 6.07. The summed E-state index contributed by atoms with van der Waals surface area (Å²) in [4.78, 5) is 20.9. The number of ether oxygens (including phenoxy) is 1. The molecule has 0 aliphatic rings. The van der Waals surface area contributed by atoms with Crippen molar-refractivity contribution in [3.8, 4) is 5.75 Å². The van der Waals surface area contributed by atoms with Gasteiger partial charge in [-0.25, -0.2) is 9.97 Å². The lowest BCUT2D eigenvalue weighted by Gasteiger charge is -2.11. The monoisotopic (exact) mass is 342 g/mol. The first-order valence-electron chi connectivity index (χ1n) is 8.63. The second-order valence-electron chi connectivity index (χ2n) is 5.85. The first kappa shape index (κ1) is 18.7. The fraction of sp³-hybridized carbons (Fsp3) is 0.421. The van der Waals surface area contributed by atoms with Gasteiger partial charge in [-0.05, 0) is 25.5 Å². The van der Waals surface area contributed by atoms with E-state index in [2.05, 4.69) is 27.5 Å². The Kier molecular flexibility index (Phi) is 7.19. The Morgan fingerprint density at radius 3 is 2.76 bits per heavy atom. The van der Waals surface area contributed by atoms with Crippen molar-refractivity contribution in [1.82, 2.24) is 15.3 Å². The molecule has 134 valence electrons. The number of carbonyl (C=O) groups is 1. The van der Waals surface area contributed by atoms with E-state index in [0.29, 0.717) is 24.7 Å². The maximum atomic E-state index is 12.2. The van der Waals surface area contributed by atoms with Gasteiger partial charge in [0, 0.05) is 24.3 Å². The van der Waals surface area contributed by atoms with Crippen LogP contribution >= 0.6 is 0 Å². The highest BCUT2D eigenvalue weighted by Gasteiger charge is 2.10. The van der Waals surface area contributed by atoms with E-state index in [0.717, 1.165) is 36.3 Å². The van der Waals surface area contributed by atoms with Crippen molar-refractivity contribution in [2.75, 3.05) is 19.0 Å². The summed E-state index contributed by atoms with van der Waals surface area (Å²) in [6, 6.07) is 9.45. The molecule has 25 heavy (non-hydrogen) atoms. The fourth-order valence-corrected chi connectivity index (χ4v) is 2.45. The molecule has 0 aliphatic heterocycles. The lowest BCUT2D eigenvalue weighted by Crippen LogP contribution is -2.26. The highest BCUT2D eigenvalue weighted by atomic mass is 16.5. The van der Waals surface area contributed by atoms with Gasteiger partial charge in [0.1, 0.15) is 11.4 Å². The molecule has 0 fully saturated rings. The number of anilines is 1. The van der Waals surface area contributed by atoms with Crippen LogP contribution in [-0.2, 0) is 6.54 Å². The van der Waals surface area contributed by atoms with Gasteiger partial charge in [0.15, 0.2) is 0 Å². The molecule has 0 atom stereocenters. The van der Waals surface area contributed by atoms with Crippen LogP contribution in [0.4, 0.5) is 5.95 Å². The summed E-state index contributed by atoms with van der Waals surface area (Å²) in [7, 11) is 1.64. The Balaban J connectivity index is 2.02. The highest BCUT2D eigenvalue weighted by molar-refractivity contribution is 5.92. The van der Waals surface area contributed by atoms with Crippen LogP contribution < -0.4 is 15.4 Å². The third kappa shape index (κ3) is 5.74. The van der Waals surface area contributed by atoms with Crippen LogP contribution in [0.15, 0.2) is 30.3 Å². The van der Waals surface area contributed by atoms with E-state index in [1.165, 1.54) is 0 Å². The van der Waals surface area contributed by atoms with Crippen LogP contribution in [0.5, 0.6) is 5.75 Å². The standard InChI is InChI=1S/C19H26N4O2/c1-4-5-8-11-20-18(24)16-12-14(2)22-19(23-16)21-13-15-9-6-7-10-17(15)25-3/h6-7,9-10,12H,4-5,8,11,13H2,1-3H3,(H,20,24)(H,21,22,23). The molecule has 0 saturated carbocycles. The zero-order valence-corrected chi connectivity index (χ0v) is 15.1. The number of hydrogen-bond acceptors (Lipinski definition) is 5. The minimum absolute atomic E-state index is 0.165. The molecule has 0 unspecified atom stereocenters. The number of nitrogens with one attached hydrogen (secondary N) is 2.